The van der Waals surface area contributed by atoms with Crippen molar-refractivity contribution in [3.63, 3.8) is 0 Å². The third-order valence-electron chi connectivity index (χ3n) is 2.17. The number of nitrogens with zero attached hydrogens (tertiary/aromatic N) is 3. The van der Waals surface area contributed by atoms with E-state index in [0.29, 0.717) is 18.1 Å². The summed E-state index contributed by atoms with van der Waals surface area (Å²) in [5, 5.41) is 9.71. The second-order valence-corrected chi connectivity index (χ2v) is 4.10. The van der Waals surface area contributed by atoms with Crippen LogP contribution in [-0.4, -0.2) is 33.0 Å². The molecule has 5 nitrogen and oxygen atoms in total. The molecule has 0 radical (unpaired) electrons. The molecule has 0 saturated carbocycles. The van der Waals surface area contributed by atoms with E-state index in [1.807, 2.05) is 0 Å². The Morgan fingerprint density at radius 3 is 3.07 bits per heavy atom. The first-order chi connectivity index (χ1) is 6.68. The maximum atomic E-state index is 10.9. The molecule has 0 spiro atoms. The number of hydrogen-bond donors (Lipinski definition) is 1. The van der Waals surface area contributed by atoms with Crippen LogP contribution < -0.4 is 4.90 Å². The number of hydrogen-bond acceptors (Lipinski definition) is 5. The zero-order valence-electron chi connectivity index (χ0n) is 7.18. The highest BCUT2D eigenvalue weighted by atomic mass is 35.5. The first-order valence-electron chi connectivity index (χ1n) is 4.17. The van der Waals surface area contributed by atoms with Crippen molar-refractivity contribution in [1.29, 1.82) is 0 Å². The molecular weight excluding hydrogens is 226 g/mol. The predicted octanol–water partition coefficient (Wildman–Crippen LogP) is 1.24. The van der Waals surface area contributed by atoms with Crippen molar-refractivity contribution >= 4 is 34.2 Å². The number of carboxylic acid groups (broad SMARTS) is 1. The Bertz CT molecular complexity index is 356. The number of aliphatic carboxylic acids is 1. The summed E-state index contributed by atoms with van der Waals surface area (Å²) in [6, 6.07) is -0.473. The normalized spacial score (nSPS) is 21.5. The molecule has 0 aromatic carbocycles. The fourth-order valence-corrected chi connectivity index (χ4v) is 2.45. The third kappa shape index (κ3) is 1.67. The van der Waals surface area contributed by atoms with E-state index >= 15 is 0 Å². The lowest BCUT2D eigenvalue weighted by Crippen LogP contribution is -2.35. The van der Waals surface area contributed by atoms with Gasteiger partial charge in [0, 0.05) is 18.1 Å². The quantitative estimate of drug-likeness (QED) is 0.833. The van der Waals surface area contributed by atoms with Crippen LogP contribution in [0.3, 0.4) is 0 Å². The van der Waals surface area contributed by atoms with Gasteiger partial charge in [-0.25, -0.2) is 4.79 Å². The van der Waals surface area contributed by atoms with Crippen LogP contribution >= 0.6 is 23.1 Å². The Morgan fingerprint density at radius 1 is 1.71 bits per heavy atom. The number of rotatable bonds is 2. The number of aromatic nitrogens is 2. The Hall–Kier alpha value is -0.880. The van der Waals surface area contributed by atoms with Gasteiger partial charge in [0.25, 0.3) is 0 Å². The lowest BCUT2D eigenvalue weighted by molar-refractivity contribution is -0.138. The first-order valence-corrected chi connectivity index (χ1v) is 5.32. The van der Waals surface area contributed by atoms with E-state index < -0.39 is 12.0 Å². The van der Waals surface area contributed by atoms with Crippen LogP contribution in [0.15, 0.2) is 0 Å². The zero-order valence-corrected chi connectivity index (χ0v) is 8.75. The SMILES string of the molecule is O=C(O)C1CCCN1c1nc(Cl)ns1. The molecule has 1 aromatic heterocycles. The third-order valence-corrected chi connectivity index (χ3v) is 3.20. The zero-order chi connectivity index (χ0) is 10.1. The van der Waals surface area contributed by atoms with Crippen LogP contribution in [0.2, 0.25) is 5.28 Å². The second-order valence-electron chi connectivity index (χ2n) is 3.04. The van der Waals surface area contributed by atoms with Crippen molar-refractivity contribution in [2.24, 2.45) is 0 Å². The van der Waals surface area contributed by atoms with E-state index in [9.17, 15) is 4.79 Å². The van der Waals surface area contributed by atoms with E-state index in [2.05, 4.69) is 9.36 Å². The summed E-state index contributed by atoms with van der Waals surface area (Å²) in [5.74, 6) is -0.811. The van der Waals surface area contributed by atoms with Crippen molar-refractivity contribution in [3.8, 4) is 0 Å². The van der Waals surface area contributed by atoms with Crippen molar-refractivity contribution in [2.45, 2.75) is 18.9 Å². The number of carbonyl (C=O) groups is 1. The van der Waals surface area contributed by atoms with Gasteiger partial charge in [-0.05, 0) is 24.4 Å². The van der Waals surface area contributed by atoms with Gasteiger partial charge in [0.15, 0.2) is 0 Å². The van der Waals surface area contributed by atoms with E-state index in [-0.39, 0.29) is 5.28 Å². The van der Waals surface area contributed by atoms with Crippen LogP contribution in [0.25, 0.3) is 0 Å². The van der Waals surface area contributed by atoms with Crippen LogP contribution in [0, 0.1) is 0 Å². The van der Waals surface area contributed by atoms with Gasteiger partial charge in [-0.3, -0.25) is 0 Å². The molecular formula is C7H8ClN3O2S. The number of carboxylic acids is 1. The molecule has 2 heterocycles. The van der Waals surface area contributed by atoms with Crippen LogP contribution in [0.1, 0.15) is 12.8 Å². The Labute approximate surface area is 89.5 Å². The van der Waals surface area contributed by atoms with Gasteiger partial charge in [0.05, 0.1) is 0 Å². The van der Waals surface area contributed by atoms with Crippen molar-refractivity contribution < 1.29 is 9.90 Å². The van der Waals surface area contributed by atoms with Crippen molar-refractivity contribution in [3.05, 3.63) is 5.28 Å². The monoisotopic (exact) mass is 233 g/mol. The van der Waals surface area contributed by atoms with E-state index in [1.165, 1.54) is 0 Å². The fraction of sp³-hybridized carbons (Fsp3) is 0.571. The van der Waals surface area contributed by atoms with E-state index in [1.54, 1.807) is 4.90 Å². The summed E-state index contributed by atoms with van der Waals surface area (Å²) in [5.41, 5.74) is 0. The fourth-order valence-electron chi connectivity index (χ4n) is 1.57. The molecule has 0 amide bonds. The summed E-state index contributed by atoms with van der Waals surface area (Å²) in [6.07, 6.45) is 1.53. The van der Waals surface area contributed by atoms with Crippen LogP contribution in [0.5, 0.6) is 0 Å². The van der Waals surface area contributed by atoms with Crippen molar-refractivity contribution in [1.82, 2.24) is 9.36 Å². The van der Waals surface area contributed by atoms with E-state index in [0.717, 1.165) is 18.0 Å². The number of halogens is 1. The summed E-state index contributed by atoms with van der Waals surface area (Å²) >= 11 is 6.72. The molecule has 1 aliphatic rings. The molecule has 1 unspecified atom stereocenters. The van der Waals surface area contributed by atoms with Gasteiger partial charge >= 0.3 is 5.97 Å². The second kappa shape index (κ2) is 3.70. The predicted molar refractivity (Wildman–Crippen MR) is 52.9 cm³/mol. The Morgan fingerprint density at radius 2 is 2.50 bits per heavy atom. The smallest absolute Gasteiger partial charge is 0.326 e. The maximum absolute atomic E-state index is 10.9. The maximum Gasteiger partial charge on any atom is 0.326 e. The van der Waals surface area contributed by atoms with Crippen LogP contribution in [0.4, 0.5) is 5.13 Å². The van der Waals surface area contributed by atoms with Gasteiger partial charge in [-0.15, -0.1) is 0 Å². The molecule has 1 aromatic rings. The molecule has 1 N–H and O–H groups in total. The average molecular weight is 234 g/mol. The standard InChI is InChI=1S/C7H8ClN3O2S/c8-6-9-7(14-10-6)11-3-1-2-4(11)5(12)13/h4H,1-3H2,(H,12,13). The molecule has 0 bridgehead atoms. The summed E-state index contributed by atoms with van der Waals surface area (Å²) in [6.45, 7) is 0.711. The summed E-state index contributed by atoms with van der Waals surface area (Å²) < 4.78 is 3.82. The first kappa shape index (κ1) is 9.67. The lowest BCUT2D eigenvalue weighted by Gasteiger charge is -2.19. The molecule has 2 rings (SSSR count). The summed E-state index contributed by atoms with van der Waals surface area (Å²) in [7, 11) is 0. The Balaban J connectivity index is 2.21. The molecule has 14 heavy (non-hydrogen) atoms. The van der Waals surface area contributed by atoms with Gasteiger partial charge in [0.2, 0.25) is 10.4 Å². The highest BCUT2D eigenvalue weighted by Gasteiger charge is 2.32. The van der Waals surface area contributed by atoms with Gasteiger partial charge in [-0.2, -0.15) is 9.36 Å². The molecule has 7 heteroatoms. The molecule has 1 aliphatic heterocycles. The average Bonchev–Trinajstić information content (AvgIpc) is 2.70. The minimum atomic E-state index is -0.811. The largest absolute Gasteiger partial charge is 0.480 e. The lowest BCUT2D eigenvalue weighted by atomic mass is 10.2. The summed E-state index contributed by atoms with van der Waals surface area (Å²) in [4.78, 5) is 16.6. The molecule has 1 saturated heterocycles. The highest BCUT2D eigenvalue weighted by Crippen LogP contribution is 2.27. The van der Waals surface area contributed by atoms with Gasteiger partial charge in [-0.1, -0.05) is 0 Å². The van der Waals surface area contributed by atoms with Crippen molar-refractivity contribution in [2.75, 3.05) is 11.4 Å². The van der Waals surface area contributed by atoms with Crippen LogP contribution in [-0.2, 0) is 4.79 Å². The van der Waals surface area contributed by atoms with E-state index in [4.69, 9.17) is 16.7 Å². The minimum absolute atomic E-state index is 0.182. The number of anilines is 1. The molecule has 76 valence electrons. The minimum Gasteiger partial charge on any atom is -0.480 e. The molecule has 0 aliphatic carbocycles. The topological polar surface area (TPSA) is 66.3 Å². The van der Waals surface area contributed by atoms with Gasteiger partial charge < -0.3 is 10.0 Å². The van der Waals surface area contributed by atoms with Gasteiger partial charge in [0.1, 0.15) is 6.04 Å². The molecule has 1 atom stereocenters. The Kier molecular flexibility index (Phi) is 2.56. The molecule has 1 fully saturated rings. The highest BCUT2D eigenvalue weighted by molar-refractivity contribution is 7.10.